The van der Waals surface area contributed by atoms with Crippen molar-refractivity contribution in [2.24, 2.45) is 0 Å². The van der Waals surface area contributed by atoms with Gasteiger partial charge in [-0.2, -0.15) is 0 Å². The maximum absolute atomic E-state index is 12.5. The largest absolute Gasteiger partial charge is 0.573 e. The van der Waals surface area contributed by atoms with Crippen LogP contribution in [0.1, 0.15) is 47.2 Å². The van der Waals surface area contributed by atoms with Gasteiger partial charge in [0, 0.05) is 18.9 Å². The molecule has 1 fully saturated rings. The second-order valence-corrected chi connectivity index (χ2v) is 6.10. The number of hydrogen-bond donors (Lipinski definition) is 1. The molecule has 1 saturated carbocycles. The van der Waals surface area contributed by atoms with Gasteiger partial charge in [-0.3, -0.25) is 0 Å². The molecular formula is C18H18F3N3O3. The van der Waals surface area contributed by atoms with E-state index >= 15 is 0 Å². The first-order valence-electron chi connectivity index (χ1n) is 8.46. The van der Waals surface area contributed by atoms with Crippen LogP contribution in [-0.2, 0) is 11.3 Å². The Balaban J connectivity index is 1.68. The zero-order chi connectivity index (χ0) is 19.4. The van der Waals surface area contributed by atoms with Gasteiger partial charge in [0.15, 0.2) is 0 Å². The van der Waals surface area contributed by atoms with E-state index in [9.17, 15) is 18.0 Å². The molecule has 0 unspecified atom stereocenters. The molecule has 1 aliphatic rings. The zero-order valence-corrected chi connectivity index (χ0v) is 14.5. The van der Waals surface area contributed by atoms with E-state index in [0.717, 1.165) is 18.4 Å². The second-order valence-electron chi connectivity index (χ2n) is 6.10. The quantitative estimate of drug-likeness (QED) is 0.730. The molecule has 0 spiro atoms. The Morgan fingerprint density at radius 1 is 1.22 bits per heavy atom. The molecule has 0 radical (unpaired) electrons. The first kappa shape index (κ1) is 18.9. The minimum Gasteiger partial charge on any atom is -0.462 e. The molecule has 144 valence electrons. The molecule has 1 N–H and O–H groups in total. The van der Waals surface area contributed by atoms with Gasteiger partial charge in [0.1, 0.15) is 5.75 Å². The number of hydrogen-bond acceptors (Lipinski definition) is 6. The summed E-state index contributed by atoms with van der Waals surface area (Å²) >= 11 is 0. The van der Waals surface area contributed by atoms with Crippen LogP contribution in [0.3, 0.4) is 0 Å². The zero-order valence-electron chi connectivity index (χ0n) is 14.5. The third-order valence-electron chi connectivity index (χ3n) is 3.88. The summed E-state index contributed by atoms with van der Waals surface area (Å²) in [5.41, 5.74) is 1.67. The lowest BCUT2D eigenvalue weighted by atomic mass is 10.1. The van der Waals surface area contributed by atoms with E-state index in [2.05, 4.69) is 20.0 Å². The Hall–Kier alpha value is -2.84. The predicted octanol–water partition coefficient (Wildman–Crippen LogP) is 4.04. The van der Waals surface area contributed by atoms with Gasteiger partial charge in [-0.1, -0.05) is 6.07 Å². The summed E-state index contributed by atoms with van der Waals surface area (Å²) in [6, 6.07) is 4.61. The van der Waals surface area contributed by atoms with Crippen molar-refractivity contribution in [3.63, 3.8) is 0 Å². The third-order valence-corrected chi connectivity index (χ3v) is 3.88. The number of benzene rings is 1. The van der Waals surface area contributed by atoms with Crippen LogP contribution in [-0.4, -0.2) is 28.9 Å². The van der Waals surface area contributed by atoms with Crippen LogP contribution < -0.4 is 10.1 Å². The fourth-order valence-corrected chi connectivity index (χ4v) is 2.55. The maximum atomic E-state index is 12.5. The first-order valence-corrected chi connectivity index (χ1v) is 8.46. The van der Waals surface area contributed by atoms with E-state index < -0.39 is 12.3 Å². The fraction of sp³-hybridized carbons (Fsp3) is 0.389. The Morgan fingerprint density at radius 2 is 1.93 bits per heavy atom. The minimum atomic E-state index is -4.74. The Labute approximate surface area is 153 Å². The van der Waals surface area contributed by atoms with Crippen molar-refractivity contribution >= 4 is 11.9 Å². The molecule has 6 nitrogen and oxygen atoms in total. The third kappa shape index (κ3) is 5.57. The van der Waals surface area contributed by atoms with Crippen LogP contribution in [0.2, 0.25) is 0 Å². The summed E-state index contributed by atoms with van der Waals surface area (Å²) in [5, 5.41) is 2.92. The standard InChI is InChI=1S/C18H18F3N3O3/c1-2-26-16(25)14-9-23-17(24-10-14)22-8-11-5-13(12-3-4-12)7-15(6-11)27-18(19,20)21/h5-7,9-10,12H,2-4,8H2,1H3,(H,22,23,24). The summed E-state index contributed by atoms with van der Waals surface area (Å²) in [4.78, 5) is 19.6. The van der Waals surface area contributed by atoms with Gasteiger partial charge in [-0.25, -0.2) is 14.8 Å². The van der Waals surface area contributed by atoms with Gasteiger partial charge in [0.05, 0.1) is 12.2 Å². The number of alkyl halides is 3. The van der Waals surface area contributed by atoms with Crippen molar-refractivity contribution in [1.82, 2.24) is 9.97 Å². The molecule has 0 amide bonds. The first-order chi connectivity index (χ1) is 12.8. The van der Waals surface area contributed by atoms with Gasteiger partial charge in [0.2, 0.25) is 5.95 Å². The number of ether oxygens (including phenoxy) is 2. The summed E-state index contributed by atoms with van der Waals surface area (Å²) in [5.74, 6) is -0.226. The number of nitrogens with one attached hydrogen (secondary N) is 1. The highest BCUT2D eigenvalue weighted by Crippen LogP contribution is 2.42. The molecule has 2 aromatic rings. The summed E-state index contributed by atoms with van der Waals surface area (Å²) in [6.45, 7) is 2.16. The molecule has 0 bridgehead atoms. The van der Waals surface area contributed by atoms with Crippen LogP contribution in [0.4, 0.5) is 19.1 Å². The van der Waals surface area contributed by atoms with Gasteiger partial charge in [-0.15, -0.1) is 13.2 Å². The normalized spacial score (nSPS) is 13.9. The summed E-state index contributed by atoms with van der Waals surface area (Å²) < 4.78 is 46.5. The number of aromatic nitrogens is 2. The van der Waals surface area contributed by atoms with Crippen molar-refractivity contribution < 1.29 is 27.4 Å². The lowest BCUT2D eigenvalue weighted by Crippen LogP contribution is -2.17. The highest BCUT2D eigenvalue weighted by molar-refractivity contribution is 5.88. The van der Waals surface area contributed by atoms with E-state index in [1.807, 2.05) is 6.07 Å². The van der Waals surface area contributed by atoms with Gasteiger partial charge in [-0.05, 0) is 48.9 Å². The van der Waals surface area contributed by atoms with Crippen LogP contribution in [0.5, 0.6) is 5.75 Å². The van der Waals surface area contributed by atoms with Crippen molar-refractivity contribution in [2.75, 3.05) is 11.9 Å². The number of nitrogens with zero attached hydrogens (tertiary/aromatic N) is 2. The molecule has 1 aromatic heterocycles. The Kier molecular flexibility index (Phi) is 5.48. The van der Waals surface area contributed by atoms with E-state index in [0.29, 0.717) is 5.56 Å². The van der Waals surface area contributed by atoms with Crippen molar-refractivity contribution in [3.8, 4) is 5.75 Å². The maximum Gasteiger partial charge on any atom is 0.573 e. The number of anilines is 1. The predicted molar refractivity (Wildman–Crippen MR) is 90.4 cm³/mol. The van der Waals surface area contributed by atoms with Crippen LogP contribution in [0.15, 0.2) is 30.6 Å². The smallest absolute Gasteiger partial charge is 0.462 e. The second kappa shape index (κ2) is 7.81. The van der Waals surface area contributed by atoms with Crippen LogP contribution >= 0.6 is 0 Å². The monoisotopic (exact) mass is 381 g/mol. The lowest BCUT2D eigenvalue weighted by molar-refractivity contribution is -0.274. The molecule has 0 saturated heterocycles. The number of esters is 1. The lowest BCUT2D eigenvalue weighted by Gasteiger charge is -2.13. The summed E-state index contributed by atoms with van der Waals surface area (Å²) in [7, 11) is 0. The van der Waals surface area contributed by atoms with Gasteiger partial charge >= 0.3 is 12.3 Å². The number of rotatable bonds is 7. The van der Waals surface area contributed by atoms with E-state index in [1.54, 1.807) is 6.92 Å². The Morgan fingerprint density at radius 3 is 2.52 bits per heavy atom. The fourth-order valence-electron chi connectivity index (χ4n) is 2.55. The number of carbonyl (C=O) groups is 1. The average Bonchev–Trinajstić information content (AvgIpc) is 3.44. The van der Waals surface area contributed by atoms with Crippen molar-refractivity contribution in [2.45, 2.75) is 38.6 Å². The highest BCUT2D eigenvalue weighted by Gasteiger charge is 2.32. The van der Waals surface area contributed by atoms with Crippen LogP contribution in [0.25, 0.3) is 0 Å². The molecule has 3 rings (SSSR count). The van der Waals surface area contributed by atoms with E-state index in [4.69, 9.17) is 4.74 Å². The van der Waals surface area contributed by atoms with E-state index in [-0.39, 0.29) is 36.3 Å². The molecule has 1 aromatic carbocycles. The average molecular weight is 381 g/mol. The summed E-state index contributed by atoms with van der Waals surface area (Å²) in [6.07, 6.45) is -0.168. The van der Waals surface area contributed by atoms with Gasteiger partial charge in [0.25, 0.3) is 0 Å². The molecule has 27 heavy (non-hydrogen) atoms. The highest BCUT2D eigenvalue weighted by atomic mass is 19.4. The molecule has 9 heteroatoms. The molecular weight excluding hydrogens is 363 g/mol. The van der Waals surface area contributed by atoms with Crippen LogP contribution in [0, 0.1) is 0 Å². The number of carbonyl (C=O) groups excluding carboxylic acids is 1. The molecule has 1 heterocycles. The molecule has 0 aliphatic heterocycles. The van der Waals surface area contributed by atoms with Crippen molar-refractivity contribution in [1.29, 1.82) is 0 Å². The van der Waals surface area contributed by atoms with Gasteiger partial charge < -0.3 is 14.8 Å². The Bertz CT molecular complexity index is 806. The van der Waals surface area contributed by atoms with E-state index in [1.165, 1.54) is 24.5 Å². The topological polar surface area (TPSA) is 73.3 Å². The SMILES string of the molecule is CCOC(=O)c1cnc(NCc2cc(OC(F)(F)F)cc(C3CC3)c2)nc1. The molecule has 0 atom stereocenters. The van der Waals surface area contributed by atoms with Crippen molar-refractivity contribution in [3.05, 3.63) is 47.3 Å². The molecule has 1 aliphatic carbocycles. The number of halogens is 3. The minimum absolute atomic E-state index is 0.216.